The Hall–Kier alpha value is 0.800. The van der Waals surface area contributed by atoms with Gasteiger partial charge in [-0.05, 0) is 49.9 Å². The highest BCUT2D eigenvalue weighted by molar-refractivity contribution is 8.58. The lowest BCUT2D eigenvalue weighted by atomic mass is 10.4. The summed E-state index contributed by atoms with van der Waals surface area (Å²) >= 11 is 0.624. The molecule has 0 bridgehead atoms. The molecule has 230 valence electrons. The highest BCUT2D eigenvalue weighted by Gasteiger charge is 2.56. The standard InChI is InChI=1S/C25H55O9P3S/c1-7-13-19-29-35(26,30-20-14-8-2)25(36(27,31-21-15-9-3)32-22-16-10-4)38-37(28,33-23-17-11-5)34-24-18-12-6/h25H,7-24H2,1-6H3. The van der Waals surface area contributed by atoms with E-state index in [0.29, 0.717) is 49.9 Å². The van der Waals surface area contributed by atoms with Gasteiger partial charge in [0.2, 0.25) is 4.73 Å². The lowest BCUT2D eigenvalue weighted by Gasteiger charge is -2.33. The lowest BCUT2D eigenvalue weighted by molar-refractivity contribution is 0.183. The zero-order chi connectivity index (χ0) is 28.8. The van der Waals surface area contributed by atoms with Crippen molar-refractivity contribution in [2.75, 3.05) is 39.6 Å². The molecule has 0 aliphatic heterocycles. The smallest absolute Gasteiger partial charge is 0.307 e. The van der Waals surface area contributed by atoms with Crippen LogP contribution in [0.4, 0.5) is 0 Å². The first kappa shape index (κ1) is 38.8. The Balaban J connectivity index is 6.59. The maximum absolute atomic E-state index is 14.5. The van der Waals surface area contributed by atoms with Crippen LogP contribution in [0.2, 0.25) is 0 Å². The van der Waals surface area contributed by atoms with Crippen LogP contribution in [0.5, 0.6) is 0 Å². The third-order valence-electron chi connectivity index (χ3n) is 5.34. The van der Waals surface area contributed by atoms with Crippen molar-refractivity contribution in [3.05, 3.63) is 0 Å². The van der Waals surface area contributed by atoms with E-state index in [1.807, 2.05) is 41.5 Å². The largest absolute Gasteiger partial charge is 0.390 e. The Morgan fingerprint density at radius 1 is 0.447 bits per heavy atom. The van der Waals surface area contributed by atoms with E-state index in [1.54, 1.807) is 0 Å². The zero-order valence-corrected chi connectivity index (χ0v) is 28.2. The summed E-state index contributed by atoms with van der Waals surface area (Å²) in [5.74, 6) is 0. The third kappa shape index (κ3) is 16.3. The molecule has 0 spiro atoms. The van der Waals surface area contributed by atoms with E-state index in [1.165, 1.54) is 0 Å². The molecule has 9 nitrogen and oxygen atoms in total. The Morgan fingerprint density at radius 2 is 0.684 bits per heavy atom. The molecule has 0 heterocycles. The highest BCUT2D eigenvalue weighted by Crippen LogP contribution is 2.81. The SMILES string of the molecule is CCCCOP(=O)(OCCCC)SC(P(=O)(OCCCC)OCCCC)P(=O)(OCCCC)OCCCC. The van der Waals surface area contributed by atoms with E-state index in [0.717, 1.165) is 38.5 Å². The first-order chi connectivity index (χ1) is 18.2. The number of hydrogen-bond donors (Lipinski definition) is 0. The fraction of sp³-hybridized carbons (Fsp3) is 1.00. The van der Waals surface area contributed by atoms with E-state index in [2.05, 4.69) is 0 Å². The number of hydrogen-bond acceptors (Lipinski definition) is 10. The summed E-state index contributed by atoms with van der Waals surface area (Å²) in [6, 6.07) is 0. The molecule has 0 fully saturated rings. The molecule has 0 radical (unpaired) electrons. The van der Waals surface area contributed by atoms with Crippen LogP contribution in [-0.2, 0) is 40.8 Å². The lowest BCUT2D eigenvalue weighted by Crippen LogP contribution is -2.17. The average Bonchev–Trinajstić information content (AvgIpc) is 2.88. The van der Waals surface area contributed by atoms with Crippen LogP contribution in [0.3, 0.4) is 0 Å². The van der Waals surface area contributed by atoms with Crippen molar-refractivity contribution in [2.24, 2.45) is 0 Å². The van der Waals surface area contributed by atoms with Crippen molar-refractivity contribution in [1.82, 2.24) is 0 Å². The minimum absolute atomic E-state index is 0.137. The minimum Gasteiger partial charge on any atom is -0.307 e. The molecular formula is C25H55O9P3S. The molecule has 0 saturated heterocycles. The molecule has 0 aliphatic rings. The molecule has 0 saturated carbocycles. The Kier molecular flexibility index (Phi) is 23.9. The van der Waals surface area contributed by atoms with Crippen LogP contribution in [0.25, 0.3) is 0 Å². The second kappa shape index (κ2) is 23.4. The van der Waals surface area contributed by atoms with E-state index in [-0.39, 0.29) is 39.6 Å². The van der Waals surface area contributed by atoms with Gasteiger partial charge in [0.25, 0.3) is 0 Å². The molecule has 0 aromatic heterocycles. The Morgan fingerprint density at radius 3 is 0.921 bits per heavy atom. The quantitative estimate of drug-likeness (QED) is 0.0616. The van der Waals surface area contributed by atoms with Gasteiger partial charge in [0, 0.05) is 0 Å². The molecule has 0 atom stereocenters. The normalized spacial score (nSPS) is 13.0. The number of rotatable bonds is 28. The predicted octanol–water partition coefficient (Wildman–Crippen LogP) is 10.4. The minimum atomic E-state index is -4.16. The average molecular weight is 625 g/mol. The van der Waals surface area contributed by atoms with E-state index in [9.17, 15) is 13.7 Å². The molecule has 0 aliphatic carbocycles. The third-order valence-corrected chi connectivity index (χ3v) is 16.9. The fourth-order valence-electron chi connectivity index (χ4n) is 2.82. The monoisotopic (exact) mass is 624 g/mol. The van der Waals surface area contributed by atoms with Gasteiger partial charge in [-0.25, -0.2) is 4.57 Å². The van der Waals surface area contributed by atoms with Crippen LogP contribution in [-0.4, -0.2) is 44.4 Å². The summed E-state index contributed by atoms with van der Waals surface area (Å²) in [4.78, 5) is 0. The highest BCUT2D eigenvalue weighted by atomic mass is 32.7. The van der Waals surface area contributed by atoms with E-state index in [4.69, 9.17) is 27.1 Å². The molecule has 0 rings (SSSR count). The summed E-state index contributed by atoms with van der Waals surface area (Å²) in [7, 11) is -8.33. The summed E-state index contributed by atoms with van der Waals surface area (Å²) in [5.41, 5.74) is 0. The second-order valence-electron chi connectivity index (χ2n) is 9.08. The Labute approximate surface area is 236 Å². The first-order valence-electron chi connectivity index (χ1n) is 14.6. The van der Waals surface area contributed by atoms with Crippen LogP contribution in [0, 0.1) is 0 Å². The van der Waals surface area contributed by atoms with Gasteiger partial charge in [-0.2, -0.15) is 0 Å². The molecule has 0 amide bonds. The zero-order valence-electron chi connectivity index (χ0n) is 24.7. The van der Waals surface area contributed by atoms with Gasteiger partial charge >= 0.3 is 22.0 Å². The molecule has 0 N–H and O–H groups in total. The van der Waals surface area contributed by atoms with Crippen molar-refractivity contribution >= 4 is 33.4 Å². The summed E-state index contributed by atoms with van der Waals surface area (Å²) in [6.45, 7) is 8.94. The fourth-order valence-corrected chi connectivity index (χ4v) is 15.6. The maximum Gasteiger partial charge on any atom is 0.390 e. The van der Waals surface area contributed by atoms with Crippen LogP contribution in [0.1, 0.15) is 119 Å². The van der Waals surface area contributed by atoms with Crippen molar-refractivity contribution in [1.29, 1.82) is 0 Å². The van der Waals surface area contributed by atoms with Gasteiger partial charge in [0.05, 0.1) is 39.6 Å². The first-order valence-corrected chi connectivity index (χ1v) is 20.8. The topological polar surface area (TPSA) is 107 Å². The molecule has 38 heavy (non-hydrogen) atoms. The molecule has 0 aromatic rings. The molecule has 13 heteroatoms. The van der Waals surface area contributed by atoms with Crippen molar-refractivity contribution < 1.29 is 40.8 Å². The van der Waals surface area contributed by atoms with Gasteiger partial charge in [-0.15, -0.1) is 0 Å². The molecule has 0 aromatic carbocycles. The summed E-state index contributed by atoms with van der Waals surface area (Å²) in [5, 5.41) is 0. The summed E-state index contributed by atoms with van der Waals surface area (Å²) in [6.07, 6.45) is 8.77. The van der Waals surface area contributed by atoms with Gasteiger partial charge in [-0.3, -0.25) is 9.13 Å². The van der Waals surface area contributed by atoms with Gasteiger partial charge in [-0.1, -0.05) is 80.1 Å². The van der Waals surface area contributed by atoms with Crippen LogP contribution in [0.15, 0.2) is 0 Å². The molecule has 0 unspecified atom stereocenters. The van der Waals surface area contributed by atoms with Crippen molar-refractivity contribution in [3.63, 3.8) is 0 Å². The van der Waals surface area contributed by atoms with Crippen molar-refractivity contribution in [2.45, 2.75) is 123 Å². The van der Waals surface area contributed by atoms with Gasteiger partial charge in [0.1, 0.15) is 0 Å². The van der Waals surface area contributed by atoms with E-state index < -0.39 is 26.7 Å². The maximum atomic E-state index is 14.5. The van der Waals surface area contributed by atoms with Crippen LogP contribution < -0.4 is 0 Å². The Bertz CT molecular complexity index is 632. The molecular weight excluding hydrogens is 569 g/mol. The van der Waals surface area contributed by atoms with Gasteiger partial charge in [0.15, 0.2) is 0 Å². The van der Waals surface area contributed by atoms with E-state index >= 15 is 0 Å². The van der Waals surface area contributed by atoms with Gasteiger partial charge < -0.3 is 27.1 Å². The second-order valence-corrected chi connectivity index (χ2v) is 18.5. The predicted molar refractivity (Wildman–Crippen MR) is 159 cm³/mol. The van der Waals surface area contributed by atoms with Crippen LogP contribution >= 0.6 is 33.4 Å². The van der Waals surface area contributed by atoms with Crippen molar-refractivity contribution in [3.8, 4) is 0 Å². The summed E-state index contributed by atoms with van der Waals surface area (Å²) < 4.78 is 76.6. The number of unbranched alkanes of at least 4 members (excludes halogenated alkanes) is 6.